The second-order valence-electron chi connectivity index (χ2n) is 7.71. The molecule has 2 aliphatic rings. The number of aldehydes is 1. The Kier molecular flexibility index (Phi) is 5.46. The fraction of sp³-hybridized carbons (Fsp3) is 0.476. The van der Waals surface area contributed by atoms with Crippen molar-refractivity contribution in [2.24, 2.45) is 0 Å². The third-order valence-corrected chi connectivity index (χ3v) is 5.53. The topological polar surface area (TPSA) is 89.9 Å². The lowest BCUT2D eigenvalue weighted by Crippen LogP contribution is -2.49. The van der Waals surface area contributed by atoms with E-state index in [1.165, 1.54) is 19.4 Å². The molecule has 0 amide bonds. The van der Waals surface area contributed by atoms with Crippen LogP contribution >= 0.6 is 0 Å². The van der Waals surface area contributed by atoms with E-state index in [2.05, 4.69) is 5.32 Å². The van der Waals surface area contributed by atoms with Crippen molar-refractivity contribution in [1.29, 1.82) is 0 Å². The molecule has 8 nitrogen and oxygen atoms in total. The summed E-state index contributed by atoms with van der Waals surface area (Å²) < 4.78 is 27.6. The zero-order valence-electron chi connectivity index (χ0n) is 16.9. The molecule has 0 bridgehead atoms. The number of benzene rings is 1. The molecule has 30 heavy (non-hydrogen) atoms. The van der Waals surface area contributed by atoms with E-state index in [4.69, 9.17) is 9.47 Å². The number of hydrogen-bond acceptors (Lipinski definition) is 7. The third kappa shape index (κ3) is 3.54. The van der Waals surface area contributed by atoms with Crippen LogP contribution < -0.4 is 20.4 Å². The Balaban J connectivity index is 1.95. The number of fused-ring (bicyclic) bond motifs is 1. The first-order valence-corrected chi connectivity index (χ1v) is 10.0. The highest BCUT2D eigenvalue weighted by molar-refractivity contribution is 5.98. The van der Waals surface area contributed by atoms with Crippen molar-refractivity contribution in [3.63, 3.8) is 0 Å². The largest absolute Gasteiger partial charge is 0.492 e. The minimum Gasteiger partial charge on any atom is -0.492 e. The van der Waals surface area contributed by atoms with E-state index < -0.39 is 23.8 Å². The number of pyridine rings is 1. The molecule has 2 aromatic rings. The van der Waals surface area contributed by atoms with Gasteiger partial charge in [-0.25, -0.2) is 9.18 Å². The first-order chi connectivity index (χ1) is 14.5. The molecular formula is C21H24FN3O5. The molecule has 9 heteroatoms. The van der Waals surface area contributed by atoms with Gasteiger partial charge in [0.05, 0.1) is 18.0 Å². The van der Waals surface area contributed by atoms with Crippen LogP contribution in [0.4, 0.5) is 10.1 Å². The maximum atomic E-state index is 15.3. The predicted molar refractivity (Wildman–Crippen MR) is 109 cm³/mol. The van der Waals surface area contributed by atoms with Gasteiger partial charge >= 0.3 is 5.97 Å². The average Bonchev–Trinajstić information content (AvgIpc) is 3.57. The van der Waals surface area contributed by atoms with Gasteiger partial charge in [-0.2, -0.15) is 0 Å². The molecule has 1 aliphatic heterocycles. The average molecular weight is 417 g/mol. The molecule has 0 radical (unpaired) electrons. The van der Waals surface area contributed by atoms with Crippen LogP contribution in [-0.4, -0.2) is 56.2 Å². The zero-order chi connectivity index (χ0) is 21.4. The van der Waals surface area contributed by atoms with E-state index >= 15 is 4.39 Å². The Hall–Kier alpha value is -2.94. The summed E-state index contributed by atoms with van der Waals surface area (Å²) in [5.41, 5.74) is -0.0700. The summed E-state index contributed by atoms with van der Waals surface area (Å²) in [5.74, 6) is -1.19. The molecule has 1 aliphatic carbocycles. The molecule has 1 saturated carbocycles. The Labute approximate surface area is 172 Å². The number of esters is 1. The van der Waals surface area contributed by atoms with E-state index in [0.29, 0.717) is 37.1 Å². The van der Waals surface area contributed by atoms with Crippen molar-refractivity contribution in [1.82, 2.24) is 9.88 Å². The van der Waals surface area contributed by atoms with E-state index in [1.54, 1.807) is 0 Å². The van der Waals surface area contributed by atoms with Crippen LogP contribution in [0.2, 0.25) is 0 Å². The van der Waals surface area contributed by atoms with Gasteiger partial charge < -0.3 is 24.3 Å². The van der Waals surface area contributed by atoms with Crippen molar-refractivity contribution in [2.45, 2.75) is 31.8 Å². The van der Waals surface area contributed by atoms with Gasteiger partial charge in [-0.15, -0.1) is 0 Å². The number of anilines is 1. The van der Waals surface area contributed by atoms with Gasteiger partial charge in [0.2, 0.25) is 5.43 Å². The fourth-order valence-electron chi connectivity index (χ4n) is 4.04. The van der Waals surface area contributed by atoms with Crippen molar-refractivity contribution in [2.75, 3.05) is 38.3 Å². The highest BCUT2D eigenvalue weighted by atomic mass is 19.1. The van der Waals surface area contributed by atoms with Crippen molar-refractivity contribution < 1.29 is 23.5 Å². The van der Waals surface area contributed by atoms with Gasteiger partial charge in [0, 0.05) is 37.9 Å². The molecule has 1 aromatic carbocycles. The molecular weight excluding hydrogens is 393 g/mol. The minimum absolute atomic E-state index is 0.0590. The zero-order valence-corrected chi connectivity index (χ0v) is 16.9. The second kappa shape index (κ2) is 8.06. The summed E-state index contributed by atoms with van der Waals surface area (Å²) in [4.78, 5) is 37.8. The normalized spacial score (nSPS) is 19.0. The highest BCUT2D eigenvalue weighted by Gasteiger charge is 2.32. The van der Waals surface area contributed by atoms with Crippen molar-refractivity contribution in [3.05, 3.63) is 33.9 Å². The maximum absolute atomic E-state index is 15.3. The van der Waals surface area contributed by atoms with Crippen molar-refractivity contribution in [3.8, 4) is 5.75 Å². The third-order valence-electron chi connectivity index (χ3n) is 5.53. The lowest BCUT2D eigenvalue weighted by molar-refractivity contribution is -0.110. The molecule has 1 saturated heterocycles. The minimum atomic E-state index is -0.900. The van der Waals surface area contributed by atoms with E-state index in [9.17, 15) is 14.4 Å². The second-order valence-corrected chi connectivity index (χ2v) is 7.71. The SMILES string of the molecule is COc1c(N2CCNC(C)C2)c(F)cc2c(=O)c(C(=O)OCC=O)cn(C3CC3)c12. The van der Waals surface area contributed by atoms with Gasteiger partial charge in [0.1, 0.15) is 17.9 Å². The van der Waals surface area contributed by atoms with Crippen LogP contribution in [0, 0.1) is 5.82 Å². The molecule has 1 N–H and O–H groups in total. The molecule has 2 heterocycles. The number of hydrogen-bond donors (Lipinski definition) is 1. The molecule has 1 unspecified atom stereocenters. The van der Waals surface area contributed by atoms with E-state index in [-0.39, 0.29) is 28.8 Å². The summed E-state index contributed by atoms with van der Waals surface area (Å²) in [7, 11) is 1.46. The number of aromatic nitrogens is 1. The predicted octanol–water partition coefficient (Wildman–Crippen LogP) is 1.64. The van der Waals surface area contributed by atoms with Crippen LogP contribution in [0.25, 0.3) is 10.9 Å². The Morgan fingerprint density at radius 3 is 2.80 bits per heavy atom. The molecule has 160 valence electrons. The first kappa shape index (κ1) is 20.3. The lowest BCUT2D eigenvalue weighted by Gasteiger charge is -2.35. The molecule has 2 fully saturated rings. The molecule has 0 spiro atoms. The number of piperazine rings is 1. The fourth-order valence-corrected chi connectivity index (χ4v) is 4.04. The van der Waals surface area contributed by atoms with Crippen LogP contribution in [0.15, 0.2) is 17.1 Å². The van der Waals surface area contributed by atoms with Crippen LogP contribution in [0.5, 0.6) is 5.75 Å². The number of ether oxygens (including phenoxy) is 2. The van der Waals surface area contributed by atoms with Crippen LogP contribution in [-0.2, 0) is 9.53 Å². The smallest absolute Gasteiger partial charge is 0.344 e. The summed E-state index contributed by atoms with van der Waals surface area (Å²) in [6.45, 7) is 3.49. The quantitative estimate of drug-likeness (QED) is 0.565. The van der Waals surface area contributed by atoms with Gasteiger partial charge in [-0.3, -0.25) is 9.59 Å². The van der Waals surface area contributed by atoms with Gasteiger partial charge in [0.25, 0.3) is 0 Å². The number of nitrogens with one attached hydrogen (secondary N) is 1. The summed E-state index contributed by atoms with van der Waals surface area (Å²) in [6, 6.07) is 1.44. The summed E-state index contributed by atoms with van der Waals surface area (Å²) in [6.07, 6.45) is 3.63. The van der Waals surface area contributed by atoms with Crippen LogP contribution in [0.1, 0.15) is 36.2 Å². The molecule has 1 atom stereocenters. The van der Waals surface area contributed by atoms with Gasteiger partial charge in [-0.1, -0.05) is 0 Å². The summed E-state index contributed by atoms with van der Waals surface area (Å²) >= 11 is 0. The van der Waals surface area contributed by atoms with E-state index in [1.807, 2.05) is 16.4 Å². The number of carbonyl (C=O) groups excluding carboxylic acids is 2. The van der Waals surface area contributed by atoms with E-state index in [0.717, 1.165) is 12.8 Å². The van der Waals surface area contributed by atoms with Crippen molar-refractivity contribution >= 4 is 28.8 Å². The molecule has 1 aromatic heterocycles. The molecule has 4 rings (SSSR count). The van der Waals surface area contributed by atoms with Gasteiger partial charge in [0.15, 0.2) is 17.9 Å². The number of rotatable bonds is 6. The Morgan fingerprint density at radius 1 is 1.40 bits per heavy atom. The lowest BCUT2D eigenvalue weighted by atomic mass is 10.1. The standard InChI is InChI=1S/C21H24FN3O5/c1-12-10-24(6-5-23-12)18-16(22)9-14-17(20(18)29-2)25(13-3-4-13)11-15(19(14)27)21(28)30-8-7-26/h7,9,11-13,23H,3-6,8,10H2,1-2H3. The summed E-state index contributed by atoms with van der Waals surface area (Å²) in [5, 5.41) is 3.38. The first-order valence-electron chi connectivity index (χ1n) is 10.0. The number of halogens is 1. The van der Waals surface area contributed by atoms with Gasteiger partial charge in [-0.05, 0) is 25.8 Å². The Bertz CT molecular complexity index is 1060. The maximum Gasteiger partial charge on any atom is 0.344 e. The number of carbonyl (C=O) groups is 2. The monoisotopic (exact) mass is 417 g/mol. The number of methoxy groups -OCH3 is 1. The van der Waals surface area contributed by atoms with Crippen LogP contribution in [0.3, 0.4) is 0 Å². The Morgan fingerprint density at radius 2 is 2.17 bits per heavy atom. The highest BCUT2D eigenvalue weighted by Crippen LogP contribution is 2.43. The number of nitrogens with zero attached hydrogens (tertiary/aromatic N) is 2.